The van der Waals surface area contributed by atoms with E-state index >= 15 is 0 Å². The molecule has 1 saturated heterocycles. The predicted octanol–water partition coefficient (Wildman–Crippen LogP) is 2.49. The Kier molecular flexibility index (Phi) is 6.96. The van der Waals surface area contributed by atoms with Crippen LogP contribution in [0.25, 0.3) is 5.69 Å². The molecule has 0 saturated carbocycles. The predicted molar refractivity (Wildman–Crippen MR) is 124 cm³/mol. The van der Waals surface area contributed by atoms with Crippen molar-refractivity contribution in [3.05, 3.63) is 48.0 Å². The molecular weight excluding hydrogens is 464 g/mol. The zero-order valence-corrected chi connectivity index (χ0v) is 19.9. The highest BCUT2D eigenvalue weighted by molar-refractivity contribution is 7.99. The first-order valence-electron chi connectivity index (χ1n) is 10.3. The minimum atomic E-state index is -3.48. The zero-order chi connectivity index (χ0) is 23.4. The molecule has 2 heterocycles. The van der Waals surface area contributed by atoms with Crippen molar-refractivity contribution in [3.63, 3.8) is 0 Å². The summed E-state index contributed by atoms with van der Waals surface area (Å²) in [5, 5.41) is 15.0. The number of tetrazole rings is 1. The molecule has 1 amide bonds. The fourth-order valence-electron chi connectivity index (χ4n) is 3.50. The number of sulfonamides is 1. The molecule has 0 atom stereocenters. The molecule has 0 radical (unpaired) electrons. The van der Waals surface area contributed by atoms with Gasteiger partial charge in [0, 0.05) is 18.8 Å². The van der Waals surface area contributed by atoms with Gasteiger partial charge in [0.1, 0.15) is 11.4 Å². The van der Waals surface area contributed by atoms with Crippen LogP contribution in [-0.2, 0) is 14.8 Å². The largest absolute Gasteiger partial charge is 0.494 e. The van der Waals surface area contributed by atoms with E-state index in [0.29, 0.717) is 35.4 Å². The van der Waals surface area contributed by atoms with Crippen LogP contribution in [0.4, 0.5) is 5.69 Å². The van der Waals surface area contributed by atoms with Crippen LogP contribution >= 0.6 is 11.8 Å². The average Bonchev–Trinajstić information content (AvgIpc) is 3.51. The van der Waals surface area contributed by atoms with Crippen molar-refractivity contribution in [2.24, 2.45) is 0 Å². The molecule has 1 aromatic heterocycles. The number of aromatic nitrogens is 4. The number of carbonyl (C=O) groups is 1. The fourth-order valence-corrected chi connectivity index (χ4v) is 5.70. The van der Waals surface area contributed by atoms with Crippen molar-refractivity contribution < 1.29 is 17.9 Å². The van der Waals surface area contributed by atoms with Gasteiger partial charge in [-0.05, 0) is 72.2 Å². The molecule has 10 nitrogen and oxygen atoms in total. The summed E-state index contributed by atoms with van der Waals surface area (Å²) in [6.45, 7) is 3.05. The molecular formula is C21H24N6O4S2. The highest BCUT2D eigenvalue weighted by atomic mass is 32.2. The molecule has 1 fully saturated rings. The normalized spacial score (nSPS) is 14.4. The van der Waals surface area contributed by atoms with Crippen molar-refractivity contribution in [2.75, 3.05) is 31.3 Å². The first-order chi connectivity index (χ1) is 15.9. The van der Waals surface area contributed by atoms with Crippen LogP contribution in [0.3, 0.4) is 0 Å². The van der Waals surface area contributed by atoms with Gasteiger partial charge >= 0.3 is 0 Å². The van der Waals surface area contributed by atoms with E-state index in [0.717, 1.165) is 18.4 Å². The molecule has 1 N–H and O–H groups in total. The quantitative estimate of drug-likeness (QED) is 0.481. The van der Waals surface area contributed by atoms with Crippen molar-refractivity contribution >= 4 is 33.4 Å². The third-order valence-corrected chi connectivity index (χ3v) is 8.01. The standard InChI is InChI=1S/C21H24N6O4S2/c1-15-5-10-19(31-2)18(13-15)27-21(23-24-25-27)32-14-20(28)22-16-6-8-17(9-7-16)33(29,30)26-11-3-4-12-26/h5-10,13H,3-4,11-12,14H2,1-2H3,(H,22,28). The molecule has 33 heavy (non-hydrogen) atoms. The fraction of sp³-hybridized carbons (Fsp3) is 0.333. The van der Waals surface area contributed by atoms with Gasteiger partial charge in [-0.3, -0.25) is 4.79 Å². The molecule has 1 aliphatic rings. The molecule has 3 aromatic rings. The van der Waals surface area contributed by atoms with Gasteiger partial charge in [0.15, 0.2) is 0 Å². The highest BCUT2D eigenvalue weighted by Gasteiger charge is 2.27. The number of hydrogen-bond donors (Lipinski definition) is 1. The van der Waals surface area contributed by atoms with Crippen LogP contribution in [0.2, 0.25) is 0 Å². The minimum Gasteiger partial charge on any atom is -0.494 e. The summed E-state index contributed by atoms with van der Waals surface area (Å²) in [5.74, 6) is 0.423. The lowest BCUT2D eigenvalue weighted by atomic mass is 10.2. The number of thioether (sulfide) groups is 1. The van der Waals surface area contributed by atoms with E-state index in [-0.39, 0.29) is 16.6 Å². The Hall–Kier alpha value is -2.96. The molecule has 0 aliphatic carbocycles. The van der Waals surface area contributed by atoms with Gasteiger partial charge in [0.05, 0.1) is 17.8 Å². The molecule has 1 aliphatic heterocycles. The van der Waals surface area contributed by atoms with Crippen LogP contribution in [0.1, 0.15) is 18.4 Å². The van der Waals surface area contributed by atoms with E-state index < -0.39 is 10.0 Å². The number of anilines is 1. The van der Waals surface area contributed by atoms with Crippen molar-refractivity contribution in [3.8, 4) is 11.4 Å². The third kappa shape index (κ3) is 5.18. The topological polar surface area (TPSA) is 119 Å². The first kappa shape index (κ1) is 23.2. The zero-order valence-electron chi connectivity index (χ0n) is 18.3. The lowest BCUT2D eigenvalue weighted by molar-refractivity contribution is -0.113. The highest BCUT2D eigenvalue weighted by Crippen LogP contribution is 2.27. The van der Waals surface area contributed by atoms with Gasteiger partial charge in [0.25, 0.3) is 0 Å². The Morgan fingerprint density at radius 3 is 2.58 bits per heavy atom. The van der Waals surface area contributed by atoms with Gasteiger partial charge in [-0.1, -0.05) is 17.8 Å². The Morgan fingerprint density at radius 1 is 1.15 bits per heavy atom. The molecule has 2 aromatic carbocycles. The SMILES string of the molecule is COc1ccc(C)cc1-n1nnnc1SCC(=O)Nc1ccc(S(=O)(=O)N2CCCC2)cc1. The Balaban J connectivity index is 1.39. The number of hydrogen-bond acceptors (Lipinski definition) is 8. The number of nitrogens with one attached hydrogen (secondary N) is 1. The minimum absolute atomic E-state index is 0.0718. The van der Waals surface area contributed by atoms with E-state index in [2.05, 4.69) is 20.8 Å². The first-order valence-corrected chi connectivity index (χ1v) is 12.8. The summed E-state index contributed by atoms with van der Waals surface area (Å²) in [6.07, 6.45) is 1.76. The van der Waals surface area contributed by atoms with Gasteiger partial charge in [-0.2, -0.15) is 8.99 Å². The Morgan fingerprint density at radius 2 is 1.88 bits per heavy atom. The molecule has 4 rings (SSSR count). The smallest absolute Gasteiger partial charge is 0.243 e. The second-order valence-corrected chi connectivity index (χ2v) is 10.4. The van der Waals surface area contributed by atoms with Crippen LogP contribution in [0.5, 0.6) is 5.75 Å². The molecule has 12 heteroatoms. The number of benzene rings is 2. The number of rotatable bonds is 8. The van der Waals surface area contributed by atoms with Crippen molar-refractivity contribution in [2.45, 2.75) is 29.8 Å². The number of amides is 1. The van der Waals surface area contributed by atoms with E-state index in [1.165, 1.54) is 32.9 Å². The van der Waals surface area contributed by atoms with Crippen LogP contribution in [0, 0.1) is 6.92 Å². The number of nitrogens with zero attached hydrogens (tertiary/aromatic N) is 5. The van der Waals surface area contributed by atoms with Gasteiger partial charge < -0.3 is 10.1 Å². The van der Waals surface area contributed by atoms with E-state index in [4.69, 9.17) is 4.74 Å². The molecule has 174 valence electrons. The van der Waals surface area contributed by atoms with Gasteiger partial charge in [-0.25, -0.2) is 8.42 Å². The van der Waals surface area contributed by atoms with Crippen LogP contribution in [-0.4, -0.2) is 64.8 Å². The Bertz CT molecular complexity index is 1240. The molecule has 0 spiro atoms. The monoisotopic (exact) mass is 488 g/mol. The average molecular weight is 489 g/mol. The number of ether oxygens (including phenoxy) is 1. The summed E-state index contributed by atoms with van der Waals surface area (Å²) in [5.41, 5.74) is 2.21. The summed E-state index contributed by atoms with van der Waals surface area (Å²) in [7, 11) is -1.91. The molecule has 0 bridgehead atoms. The number of methoxy groups -OCH3 is 1. The van der Waals surface area contributed by atoms with Crippen molar-refractivity contribution in [1.29, 1.82) is 0 Å². The van der Waals surface area contributed by atoms with Gasteiger partial charge in [-0.15, -0.1) is 5.10 Å². The summed E-state index contributed by atoms with van der Waals surface area (Å²) < 4.78 is 33.7. The maximum atomic E-state index is 12.6. The maximum Gasteiger partial charge on any atom is 0.243 e. The van der Waals surface area contributed by atoms with Crippen LogP contribution < -0.4 is 10.1 Å². The summed E-state index contributed by atoms with van der Waals surface area (Å²) in [4.78, 5) is 12.7. The Labute approximate surface area is 196 Å². The second-order valence-electron chi connectivity index (χ2n) is 7.52. The third-order valence-electron chi connectivity index (χ3n) is 5.18. The van der Waals surface area contributed by atoms with Crippen molar-refractivity contribution in [1.82, 2.24) is 24.5 Å². The van der Waals surface area contributed by atoms with E-state index in [1.807, 2.05) is 25.1 Å². The lowest BCUT2D eigenvalue weighted by Gasteiger charge is -2.15. The van der Waals surface area contributed by atoms with E-state index in [1.54, 1.807) is 19.2 Å². The van der Waals surface area contributed by atoms with E-state index in [9.17, 15) is 13.2 Å². The van der Waals surface area contributed by atoms with Crippen LogP contribution in [0.15, 0.2) is 52.5 Å². The molecule has 0 unspecified atom stereocenters. The number of carbonyl (C=O) groups excluding carboxylic acids is 1. The summed E-state index contributed by atoms with van der Waals surface area (Å²) in [6, 6.07) is 11.9. The number of aryl methyl sites for hydroxylation is 1. The lowest BCUT2D eigenvalue weighted by Crippen LogP contribution is -2.27. The summed E-state index contributed by atoms with van der Waals surface area (Å²) >= 11 is 1.18. The maximum absolute atomic E-state index is 12.6. The van der Waals surface area contributed by atoms with Gasteiger partial charge in [0.2, 0.25) is 21.1 Å². The second kappa shape index (κ2) is 9.89.